The molecule has 10 heteroatoms. The lowest BCUT2D eigenvalue weighted by molar-refractivity contribution is -0.127. The molecule has 5 N–H and O–H groups in total. The van der Waals surface area contributed by atoms with Crippen molar-refractivity contribution >= 4 is 34.2 Å². The molecule has 0 bridgehead atoms. The third-order valence-corrected chi connectivity index (χ3v) is 5.21. The SMILES string of the molecule is CNS(=O)(=O)c1ccc(C(C)NC(=O)CNC(=O)[C@@H](N)C(C)C)cc1.Cl. The van der Waals surface area contributed by atoms with E-state index in [1.165, 1.54) is 19.2 Å². The zero-order valence-corrected chi connectivity index (χ0v) is 16.9. The Morgan fingerprint density at radius 1 is 1.12 bits per heavy atom. The summed E-state index contributed by atoms with van der Waals surface area (Å²) in [5.74, 6) is -0.752. The van der Waals surface area contributed by atoms with Crippen LogP contribution in [0.4, 0.5) is 0 Å². The maximum Gasteiger partial charge on any atom is 0.240 e. The van der Waals surface area contributed by atoms with Crippen LogP contribution in [0.15, 0.2) is 29.2 Å². The molecule has 0 aliphatic heterocycles. The van der Waals surface area contributed by atoms with Crippen molar-refractivity contribution in [3.8, 4) is 0 Å². The van der Waals surface area contributed by atoms with Crippen LogP contribution in [-0.4, -0.2) is 39.9 Å². The quantitative estimate of drug-likeness (QED) is 0.493. The molecule has 0 aliphatic rings. The molecule has 0 radical (unpaired) electrons. The van der Waals surface area contributed by atoms with Crippen LogP contribution >= 0.6 is 12.4 Å². The molecule has 0 heterocycles. The molecule has 1 aromatic carbocycles. The molecule has 0 aromatic heterocycles. The summed E-state index contributed by atoms with van der Waals surface area (Å²) in [5, 5.41) is 5.23. The molecule has 0 saturated carbocycles. The minimum Gasteiger partial charge on any atom is -0.348 e. The van der Waals surface area contributed by atoms with Crippen LogP contribution in [0.1, 0.15) is 32.4 Å². The standard InChI is InChI=1S/C16H26N4O4S.ClH/c1-10(2)15(17)16(22)19-9-14(21)20-11(3)12-5-7-13(8-6-12)25(23,24)18-4;/h5-8,10-11,15,18H,9,17H2,1-4H3,(H,19,22)(H,20,21);1H/t11?,15-;/m0./s1. The van der Waals surface area contributed by atoms with Gasteiger partial charge in [-0.3, -0.25) is 9.59 Å². The van der Waals surface area contributed by atoms with Crippen LogP contribution in [0.5, 0.6) is 0 Å². The molecule has 1 aromatic rings. The van der Waals surface area contributed by atoms with Gasteiger partial charge in [-0.05, 0) is 37.6 Å². The van der Waals surface area contributed by atoms with Crippen LogP contribution < -0.4 is 21.1 Å². The fourth-order valence-corrected chi connectivity index (χ4v) is 2.75. The minimum atomic E-state index is -3.49. The number of hydrogen-bond acceptors (Lipinski definition) is 5. The molecule has 8 nitrogen and oxygen atoms in total. The van der Waals surface area contributed by atoms with Gasteiger partial charge in [0, 0.05) is 0 Å². The van der Waals surface area contributed by atoms with Crippen LogP contribution in [0.25, 0.3) is 0 Å². The van der Waals surface area contributed by atoms with E-state index in [9.17, 15) is 18.0 Å². The summed E-state index contributed by atoms with van der Waals surface area (Å²) < 4.78 is 25.6. The van der Waals surface area contributed by atoms with Crippen LogP contribution in [0.3, 0.4) is 0 Å². The second kappa shape index (κ2) is 10.5. The number of hydrogen-bond donors (Lipinski definition) is 4. The van der Waals surface area contributed by atoms with Gasteiger partial charge in [0.1, 0.15) is 0 Å². The lowest BCUT2D eigenvalue weighted by Crippen LogP contribution is -2.47. The highest BCUT2D eigenvalue weighted by Crippen LogP contribution is 2.16. The zero-order valence-electron chi connectivity index (χ0n) is 15.3. The first-order chi connectivity index (χ1) is 11.6. The topological polar surface area (TPSA) is 130 Å². The molecule has 0 spiro atoms. The highest BCUT2D eigenvalue weighted by atomic mass is 35.5. The Kier molecular flexibility index (Phi) is 9.79. The van der Waals surface area contributed by atoms with E-state index < -0.39 is 16.1 Å². The first-order valence-electron chi connectivity index (χ1n) is 7.94. The molecule has 2 amide bonds. The summed E-state index contributed by atoms with van der Waals surface area (Å²) in [4.78, 5) is 23.8. The summed E-state index contributed by atoms with van der Waals surface area (Å²) >= 11 is 0. The number of halogens is 1. The third-order valence-electron chi connectivity index (χ3n) is 3.78. The Morgan fingerprint density at radius 3 is 2.12 bits per heavy atom. The first kappa shape index (κ1) is 24.3. The largest absolute Gasteiger partial charge is 0.348 e. The molecular weight excluding hydrogens is 380 g/mol. The fourth-order valence-electron chi connectivity index (χ4n) is 2.02. The van der Waals surface area contributed by atoms with Crippen molar-refractivity contribution in [2.24, 2.45) is 11.7 Å². The molecule has 1 rings (SSSR count). The fraction of sp³-hybridized carbons (Fsp3) is 0.500. The Hall–Kier alpha value is -1.68. The van der Waals surface area contributed by atoms with Gasteiger partial charge in [-0.15, -0.1) is 12.4 Å². The Bertz CT molecular complexity index is 707. The van der Waals surface area contributed by atoms with Crippen molar-refractivity contribution in [3.05, 3.63) is 29.8 Å². The number of sulfonamides is 1. The summed E-state index contributed by atoms with van der Waals surface area (Å²) in [6, 6.07) is 5.19. The summed E-state index contributed by atoms with van der Waals surface area (Å²) in [7, 11) is -2.15. The molecule has 0 fully saturated rings. The number of amides is 2. The lowest BCUT2D eigenvalue weighted by atomic mass is 10.1. The zero-order chi connectivity index (χ0) is 19.2. The van der Waals surface area contributed by atoms with E-state index in [1.54, 1.807) is 19.1 Å². The number of carbonyl (C=O) groups is 2. The summed E-state index contributed by atoms with van der Waals surface area (Å²) in [6.07, 6.45) is 0. The maximum atomic E-state index is 11.9. The van der Waals surface area contributed by atoms with E-state index in [-0.39, 0.29) is 47.6 Å². The van der Waals surface area contributed by atoms with Crippen molar-refractivity contribution in [1.82, 2.24) is 15.4 Å². The van der Waals surface area contributed by atoms with Gasteiger partial charge in [-0.25, -0.2) is 13.1 Å². The van der Waals surface area contributed by atoms with Gasteiger partial charge < -0.3 is 16.4 Å². The average Bonchev–Trinajstić information content (AvgIpc) is 2.58. The van der Waals surface area contributed by atoms with Crippen molar-refractivity contribution in [1.29, 1.82) is 0 Å². The number of nitrogens with one attached hydrogen (secondary N) is 3. The summed E-state index contributed by atoms with van der Waals surface area (Å²) in [6.45, 7) is 5.24. The minimum absolute atomic E-state index is 0. The average molecular weight is 407 g/mol. The van der Waals surface area contributed by atoms with Gasteiger partial charge >= 0.3 is 0 Å². The lowest BCUT2D eigenvalue weighted by Gasteiger charge is -2.17. The van der Waals surface area contributed by atoms with E-state index in [1.807, 2.05) is 13.8 Å². The number of carbonyl (C=O) groups excluding carboxylic acids is 2. The predicted octanol–water partition coefficient (Wildman–Crippen LogP) is 0.293. The monoisotopic (exact) mass is 406 g/mol. The van der Waals surface area contributed by atoms with E-state index in [0.717, 1.165) is 5.56 Å². The highest BCUT2D eigenvalue weighted by molar-refractivity contribution is 7.89. The Morgan fingerprint density at radius 2 is 1.65 bits per heavy atom. The molecule has 148 valence electrons. The van der Waals surface area contributed by atoms with E-state index in [4.69, 9.17) is 5.73 Å². The molecule has 2 atom stereocenters. The predicted molar refractivity (Wildman–Crippen MR) is 102 cm³/mol. The second-order valence-electron chi connectivity index (χ2n) is 6.05. The van der Waals surface area contributed by atoms with Crippen molar-refractivity contribution in [2.75, 3.05) is 13.6 Å². The van der Waals surface area contributed by atoms with Gasteiger partial charge in [0.2, 0.25) is 21.8 Å². The van der Waals surface area contributed by atoms with Crippen LogP contribution in [-0.2, 0) is 19.6 Å². The van der Waals surface area contributed by atoms with E-state index in [0.29, 0.717) is 0 Å². The molecule has 26 heavy (non-hydrogen) atoms. The van der Waals surface area contributed by atoms with Crippen LogP contribution in [0, 0.1) is 5.92 Å². The summed E-state index contributed by atoms with van der Waals surface area (Å²) in [5.41, 5.74) is 6.45. The maximum absolute atomic E-state index is 11.9. The Balaban J connectivity index is 0.00000625. The highest BCUT2D eigenvalue weighted by Gasteiger charge is 2.18. The molecule has 0 saturated heterocycles. The van der Waals surface area contributed by atoms with E-state index in [2.05, 4.69) is 15.4 Å². The van der Waals surface area contributed by atoms with Crippen LogP contribution in [0.2, 0.25) is 0 Å². The van der Waals surface area contributed by atoms with Gasteiger partial charge in [-0.2, -0.15) is 0 Å². The van der Waals surface area contributed by atoms with Gasteiger partial charge in [0.05, 0.1) is 23.5 Å². The number of rotatable bonds is 8. The third kappa shape index (κ3) is 6.91. The van der Waals surface area contributed by atoms with Crippen molar-refractivity contribution in [3.63, 3.8) is 0 Å². The number of nitrogens with two attached hydrogens (primary N) is 1. The van der Waals surface area contributed by atoms with Crippen molar-refractivity contribution < 1.29 is 18.0 Å². The van der Waals surface area contributed by atoms with Crippen molar-refractivity contribution in [2.45, 2.75) is 37.8 Å². The smallest absolute Gasteiger partial charge is 0.240 e. The van der Waals surface area contributed by atoms with Gasteiger partial charge in [0.25, 0.3) is 0 Å². The van der Waals surface area contributed by atoms with E-state index >= 15 is 0 Å². The molecule has 1 unspecified atom stereocenters. The molecular formula is C16H27ClN4O4S. The van der Waals surface area contributed by atoms with Gasteiger partial charge in [-0.1, -0.05) is 26.0 Å². The number of benzene rings is 1. The normalized spacial score (nSPS) is 13.5. The first-order valence-corrected chi connectivity index (χ1v) is 9.43. The van der Waals surface area contributed by atoms with Gasteiger partial charge in [0.15, 0.2) is 0 Å². The molecule has 0 aliphatic carbocycles. The Labute approximate surface area is 160 Å². The second-order valence-corrected chi connectivity index (χ2v) is 7.94.